The quantitative estimate of drug-likeness (QED) is 0.680. The molecule has 4 nitrogen and oxygen atoms in total. The lowest BCUT2D eigenvalue weighted by molar-refractivity contribution is -0.118. The highest BCUT2D eigenvalue weighted by Crippen LogP contribution is 2.24. The Morgan fingerprint density at radius 3 is 3.06 bits per heavy atom. The molecule has 0 aliphatic carbocycles. The molecule has 1 aromatic heterocycles. The number of anilines is 1. The standard InChI is InChI=1S/C12H15N3O/c1-8(16)14-6-5-9-7-15-11-4-2-3-10(13)12(9)11/h2-4,7,15H,5-6,13H2,1H3,(H,14,16). The zero-order chi connectivity index (χ0) is 11.5. The summed E-state index contributed by atoms with van der Waals surface area (Å²) in [6.07, 6.45) is 2.73. The Kier molecular flexibility index (Phi) is 2.81. The van der Waals surface area contributed by atoms with Crippen molar-refractivity contribution in [3.63, 3.8) is 0 Å². The zero-order valence-corrected chi connectivity index (χ0v) is 9.21. The molecule has 1 amide bonds. The number of rotatable bonds is 3. The van der Waals surface area contributed by atoms with Crippen molar-refractivity contribution in [3.8, 4) is 0 Å². The van der Waals surface area contributed by atoms with Crippen LogP contribution in [0.25, 0.3) is 10.9 Å². The van der Waals surface area contributed by atoms with E-state index in [1.54, 1.807) is 0 Å². The van der Waals surface area contributed by atoms with Gasteiger partial charge >= 0.3 is 0 Å². The van der Waals surface area contributed by atoms with Gasteiger partial charge in [-0.15, -0.1) is 0 Å². The highest BCUT2D eigenvalue weighted by atomic mass is 16.1. The first-order chi connectivity index (χ1) is 7.68. The summed E-state index contributed by atoms with van der Waals surface area (Å²) in [6, 6.07) is 5.80. The summed E-state index contributed by atoms with van der Waals surface area (Å²) in [5.74, 6) is -0.00665. The van der Waals surface area contributed by atoms with Crippen molar-refractivity contribution >= 4 is 22.5 Å². The molecule has 1 heterocycles. The van der Waals surface area contributed by atoms with Crippen LogP contribution in [0.15, 0.2) is 24.4 Å². The Labute approximate surface area is 93.8 Å². The SMILES string of the molecule is CC(=O)NCCc1c[nH]c2cccc(N)c12. The average molecular weight is 217 g/mol. The van der Waals surface area contributed by atoms with Gasteiger partial charge in [0.2, 0.25) is 5.91 Å². The van der Waals surface area contributed by atoms with Crippen LogP contribution in [0.2, 0.25) is 0 Å². The Hall–Kier alpha value is -1.97. The molecule has 0 atom stereocenters. The maximum absolute atomic E-state index is 10.8. The fourth-order valence-corrected chi connectivity index (χ4v) is 1.86. The summed E-state index contributed by atoms with van der Waals surface area (Å²) in [6.45, 7) is 2.15. The van der Waals surface area contributed by atoms with Crippen LogP contribution >= 0.6 is 0 Å². The van der Waals surface area contributed by atoms with Gasteiger partial charge in [0, 0.05) is 36.3 Å². The normalized spacial score (nSPS) is 10.6. The van der Waals surface area contributed by atoms with E-state index < -0.39 is 0 Å². The predicted molar refractivity (Wildman–Crippen MR) is 65.1 cm³/mol. The molecule has 1 aromatic carbocycles. The number of nitrogens with one attached hydrogen (secondary N) is 2. The molecular formula is C12H15N3O. The highest BCUT2D eigenvalue weighted by molar-refractivity contribution is 5.93. The molecule has 0 radical (unpaired) electrons. The monoisotopic (exact) mass is 217 g/mol. The van der Waals surface area contributed by atoms with E-state index >= 15 is 0 Å². The molecule has 16 heavy (non-hydrogen) atoms. The van der Waals surface area contributed by atoms with E-state index in [0.717, 1.165) is 28.6 Å². The lowest BCUT2D eigenvalue weighted by atomic mass is 10.1. The molecule has 0 unspecified atom stereocenters. The van der Waals surface area contributed by atoms with E-state index in [0.29, 0.717) is 6.54 Å². The third-order valence-electron chi connectivity index (χ3n) is 2.59. The van der Waals surface area contributed by atoms with Gasteiger partial charge in [-0.25, -0.2) is 0 Å². The largest absolute Gasteiger partial charge is 0.398 e. The Morgan fingerprint density at radius 1 is 1.50 bits per heavy atom. The van der Waals surface area contributed by atoms with E-state index in [9.17, 15) is 4.79 Å². The first kappa shape index (κ1) is 10.5. The van der Waals surface area contributed by atoms with Crippen LogP contribution in [0.4, 0.5) is 5.69 Å². The molecule has 84 valence electrons. The van der Waals surface area contributed by atoms with Crippen LogP contribution < -0.4 is 11.1 Å². The van der Waals surface area contributed by atoms with Gasteiger partial charge < -0.3 is 16.0 Å². The molecule has 0 saturated carbocycles. The minimum absolute atomic E-state index is 0.00665. The maximum atomic E-state index is 10.8. The van der Waals surface area contributed by atoms with Crippen molar-refractivity contribution in [1.29, 1.82) is 0 Å². The third-order valence-corrected chi connectivity index (χ3v) is 2.59. The van der Waals surface area contributed by atoms with Crippen LogP contribution in [0.1, 0.15) is 12.5 Å². The topological polar surface area (TPSA) is 70.9 Å². The zero-order valence-electron chi connectivity index (χ0n) is 9.21. The van der Waals surface area contributed by atoms with E-state index in [1.165, 1.54) is 6.92 Å². The van der Waals surface area contributed by atoms with E-state index in [2.05, 4.69) is 10.3 Å². The number of aromatic nitrogens is 1. The van der Waals surface area contributed by atoms with Gasteiger partial charge in [0.25, 0.3) is 0 Å². The van der Waals surface area contributed by atoms with Crippen molar-refractivity contribution < 1.29 is 4.79 Å². The average Bonchev–Trinajstić information content (AvgIpc) is 2.62. The second kappa shape index (κ2) is 4.26. The van der Waals surface area contributed by atoms with Gasteiger partial charge in [-0.05, 0) is 24.1 Å². The lowest BCUT2D eigenvalue weighted by Gasteiger charge is -2.02. The fourth-order valence-electron chi connectivity index (χ4n) is 1.86. The third kappa shape index (κ3) is 2.00. The van der Waals surface area contributed by atoms with Gasteiger partial charge in [-0.2, -0.15) is 0 Å². The first-order valence-corrected chi connectivity index (χ1v) is 5.27. The summed E-state index contributed by atoms with van der Waals surface area (Å²) in [4.78, 5) is 13.9. The molecule has 2 aromatic rings. The van der Waals surface area contributed by atoms with Crippen molar-refractivity contribution in [3.05, 3.63) is 30.0 Å². The molecule has 4 heteroatoms. The summed E-state index contributed by atoms with van der Waals surface area (Å²) < 4.78 is 0. The number of benzene rings is 1. The Morgan fingerprint density at radius 2 is 2.31 bits per heavy atom. The number of amides is 1. The number of nitrogens with two attached hydrogens (primary N) is 1. The van der Waals surface area contributed by atoms with Crippen LogP contribution in [-0.2, 0) is 11.2 Å². The Bertz CT molecular complexity index is 516. The number of hydrogen-bond acceptors (Lipinski definition) is 2. The number of carbonyl (C=O) groups is 1. The summed E-state index contributed by atoms with van der Waals surface area (Å²) >= 11 is 0. The molecule has 0 bridgehead atoms. The second-order valence-electron chi connectivity index (χ2n) is 3.82. The maximum Gasteiger partial charge on any atom is 0.216 e. The summed E-state index contributed by atoms with van der Waals surface area (Å²) in [5, 5.41) is 3.84. The molecule has 0 spiro atoms. The number of nitrogen functional groups attached to an aromatic ring is 1. The number of carbonyl (C=O) groups excluding carboxylic acids is 1. The highest BCUT2D eigenvalue weighted by Gasteiger charge is 2.06. The van der Waals surface area contributed by atoms with Crippen LogP contribution in [0.3, 0.4) is 0 Å². The van der Waals surface area contributed by atoms with E-state index in [4.69, 9.17) is 5.73 Å². The number of fused-ring (bicyclic) bond motifs is 1. The Balaban J connectivity index is 2.21. The van der Waals surface area contributed by atoms with Gasteiger partial charge in [0.05, 0.1) is 0 Å². The van der Waals surface area contributed by atoms with Crippen molar-refractivity contribution in [2.75, 3.05) is 12.3 Å². The van der Waals surface area contributed by atoms with E-state index in [1.807, 2.05) is 24.4 Å². The molecule has 0 saturated heterocycles. The van der Waals surface area contributed by atoms with Crippen LogP contribution in [-0.4, -0.2) is 17.4 Å². The minimum atomic E-state index is -0.00665. The fraction of sp³-hybridized carbons (Fsp3) is 0.250. The van der Waals surface area contributed by atoms with Gasteiger partial charge in [-0.1, -0.05) is 6.07 Å². The number of H-pyrrole nitrogens is 1. The van der Waals surface area contributed by atoms with Crippen molar-refractivity contribution in [2.45, 2.75) is 13.3 Å². The molecular weight excluding hydrogens is 202 g/mol. The van der Waals surface area contributed by atoms with Gasteiger partial charge in [0.1, 0.15) is 0 Å². The number of hydrogen-bond donors (Lipinski definition) is 3. The van der Waals surface area contributed by atoms with Crippen molar-refractivity contribution in [1.82, 2.24) is 10.3 Å². The van der Waals surface area contributed by atoms with E-state index in [-0.39, 0.29) is 5.91 Å². The van der Waals surface area contributed by atoms with Crippen LogP contribution in [0, 0.1) is 0 Å². The van der Waals surface area contributed by atoms with Crippen molar-refractivity contribution in [2.24, 2.45) is 0 Å². The molecule has 0 fully saturated rings. The summed E-state index contributed by atoms with van der Waals surface area (Å²) in [7, 11) is 0. The number of aromatic amines is 1. The first-order valence-electron chi connectivity index (χ1n) is 5.27. The molecule has 2 rings (SSSR count). The van der Waals surface area contributed by atoms with Gasteiger partial charge in [-0.3, -0.25) is 4.79 Å². The molecule has 0 aliphatic heterocycles. The summed E-state index contributed by atoms with van der Waals surface area (Å²) in [5.41, 5.74) is 8.88. The predicted octanol–water partition coefficient (Wildman–Crippen LogP) is 1.43. The lowest BCUT2D eigenvalue weighted by Crippen LogP contribution is -2.22. The molecule has 4 N–H and O–H groups in total. The van der Waals surface area contributed by atoms with Crippen LogP contribution in [0.5, 0.6) is 0 Å². The smallest absolute Gasteiger partial charge is 0.216 e. The van der Waals surface area contributed by atoms with Gasteiger partial charge in [0.15, 0.2) is 0 Å². The second-order valence-corrected chi connectivity index (χ2v) is 3.82. The minimum Gasteiger partial charge on any atom is -0.398 e. The molecule has 0 aliphatic rings.